The minimum Gasteiger partial charge on any atom is -0.303 e. The fourth-order valence-corrected chi connectivity index (χ4v) is 5.60. The molecular weight excluding hydrogens is 318 g/mol. The quantitative estimate of drug-likeness (QED) is 0.695. The molecule has 0 atom stereocenters. The van der Waals surface area contributed by atoms with Gasteiger partial charge in [-0.05, 0) is 130 Å². The average Bonchev–Trinajstić information content (AvgIpc) is 2.64. The molecule has 3 nitrogen and oxygen atoms in total. The first kappa shape index (κ1) is 20.6. The zero-order valence-electron chi connectivity index (χ0n) is 18.1. The summed E-state index contributed by atoms with van der Waals surface area (Å²) in [5.41, 5.74) is 0. The predicted molar refractivity (Wildman–Crippen MR) is 113 cm³/mol. The highest BCUT2D eigenvalue weighted by atomic mass is 15.2. The largest absolute Gasteiger partial charge is 0.303 e. The van der Waals surface area contributed by atoms with E-state index in [4.69, 9.17) is 0 Å². The van der Waals surface area contributed by atoms with Gasteiger partial charge in [0.05, 0.1) is 0 Å². The molecule has 0 aliphatic carbocycles. The summed E-state index contributed by atoms with van der Waals surface area (Å²) in [5.74, 6) is 2.99. The Bertz CT molecular complexity index is 346. The van der Waals surface area contributed by atoms with Crippen molar-refractivity contribution in [2.75, 3.05) is 45.8 Å². The van der Waals surface area contributed by atoms with Gasteiger partial charge < -0.3 is 14.7 Å². The lowest BCUT2D eigenvalue weighted by Gasteiger charge is -2.40. The second-order valence-corrected chi connectivity index (χ2v) is 10.1. The van der Waals surface area contributed by atoms with Crippen LogP contribution in [0.25, 0.3) is 0 Å². The molecule has 0 N–H and O–H groups in total. The second-order valence-electron chi connectivity index (χ2n) is 10.1. The van der Waals surface area contributed by atoms with Gasteiger partial charge in [-0.15, -0.1) is 0 Å². The van der Waals surface area contributed by atoms with Crippen LogP contribution >= 0.6 is 0 Å². The number of piperidine rings is 3. The zero-order valence-corrected chi connectivity index (χ0v) is 18.1. The van der Waals surface area contributed by atoms with Crippen LogP contribution in [0.5, 0.6) is 0 Å². The maximum Gasteiger partial charge on any atom is 0.00385 e. The SMILES string of the molecule is CC(C)N1CCC(CC2CCN(CC3CCN(C(C)C)CC3)CC2)CC1. The minimum atomic E-state index is 0.735. The van der Waals surface area contributed by atoms with Crippen LogP contribution < -0.4 is 0 Å². The van der Waals surface area contributed by atoms with Crippen molar-refractivity contribution < 1.29 is 0 Å². The predicted octanol–water partition coefficient (Wildman–Crippen LogP) is 4.33. The molecule has 3 rings (SSSR count). The smallest absolute Gasteiger partial charge is 0.00385 e. The second kappa shape index (κ2) is 9.89. The number of nitrogens with zero attached hydrogens (tertiary/aromatic N) is 3. The van der Waals surface area contributed by atoms with Crippen molar-refractivity contribution >= 4 is 0 Å². The first-order chi connectivity index (χ1) is 12.5. The lowest BCUT2D eigenvalue weighted by molar-refractivity contribution is 0.0915. The van der Waals surface area contributed by atoms with Crippen LogP contribution in [0.4, 0.5) is 0 Å². The van der Waals surface area contributed by atoms with E-state index in [9.17, 15) is 0 Å². The van der Waals surface area contributed by atoms with Crippen LogP contribution in [0.1, 0.15) is 72.6 Å². The molecule has 0 amide bonds. The monoisotopic (exact) mass is 363 g/mol. The van der Waals surface area contributed by atoms with E-state index in [0.29, 0.717) is 0 Å². The third kappa shape index (κ3) is 5.94. The molecule has 3 heterocycles. The number of rotatable bonds is 6. The van der Waals surface area contributed by atoms with E-state index in [1.54, 1.807) is 0 Å². The molecule has 0 unspecified atom stereocenters. The van der Waals surface area contributed by atoms with Crippen molar-refractivity contribution in [1.29, 1.82) is 0 Å². The molecule has 0 aromatic carbocycles. The normalized spacial score (nSPS) is 27.0. The summed E-state index contributed by atoms with van der Waals surface area (Å²) in [7, 11) is 0. The molecule has 0 radical (unpaired) electrons. The van der Waals surface area contributed by atoms with E-state index in [2.05, 4.69) is 42.4 Å². The van der Waals surface area contributed by atoms with Crippen LogP contribution in [0.2, 0.25) is 0 Å². The van der Waals surface area contributed by atoms with Gasteiger partial charge in [0, 0.05) is 18.6 Å². The third-order valence-electron chi connectivity index (χ3n) is 7.65. The summed E-state index contributed by atoms with van der Waals surface area (Å²) >= 11 is 0. The van der Waals surface area contributed by atoms with Gasteiger partial charge in [0.1, 0.15) is 0 Å². The van der Waals surface area contributed by atoms with Crippen LogP contribution in [0, 0.1) is 17.8 Å². The van der Waals surface area contributed by atoms with E-state index in [0.717, 1.165) is 29.8 Å². The van der Waals surface area contributed by atoms with Crippen LogP contribution in [0.15, 0.2) is 0 Å². The summed E-state index contributed by atoms with van der Waals surface area (Å²) in [4.78, 5) is 8.13. The van der Waals surface area contributed by atoms with Crippen molar-refractivity contribution in [3.8, 4) is 0 Å². The molecule has 0 aromatic heterocycles. The van der Waals surface area contributed by atoms with Crippen molar-refractivity contribution in [2.24, 2.45) is 17.8 Å². The maximum atomic E-state index is 2.80. The molecule has 0 aromatic rings. The summed E-state index contributed by atoms with van der Waals surface area (Å²) in [6.45, 7) is 18.9. The molecule has 3 fully saturated rings. The molecule has 152 valence electrons. The van der Waals surface area contributed by atoms with E-state index >= 15 is 0 Å². The van der Waals surface area contributed by atoms with Crippen molar-refractivity contribution in [1.82, 2.24) is 14.7 Å². The minimum absolute atomic E-state index is 0.735. The van der Waals surface area contributed by atoms with E-state index in [1.807, 2.05) is 0 Å². The van der Waals surface area contributed by atoms with Gasteiger partial charge in [0.15, 0.2) is 0 Å². The highest BCUT2D eigenvalue weighted by molar-refractivity contribution is 4.82. The lowest BCUT2D eigenvalue weighted by atomic mass is 9.82. The molecule has 0 bridgehead atoms. The molecule has 3 aliphatic rings. The standard InChI is InChI=1S/C23H45N3/c1-19(2)25-13-7-22(8-14-25)17-21-5-11-24(12-6-21)18-23-9-15-26(16-10-23)20(3)4/h19-23H,5-18H2,1-4H3. The number of hydrogen-bond donors (Lipinski definition) is 0. The van der Waals surface area contributed by atoms with Crippen LogP contribution in [-0.4, -0.2) is 72.6 Å². The zero-order chi connectivity index (χ0) is 18.5. The first-order valence-electron chi connectivity index (χ1n) is 11.7. The van der Waals surface area contributed by atoms with Crippen LogP contribution in [0.3, 0.4) is 0 Å². The summed E-state index contributed by atoms with van der Waals surface area (Å²) in [6, 6.07) is 1.48. The van der Waals surface area contributed by atoms with E-state index in [1.165, 1.54) is 90.8 Å². The molecule has 0 spiro atoms. The van der Waals surface area contributed by atoms with Gasteiger partial charge in [-0.25, -0.2) is 0 Å². The van der Waals surface area contributed by atoms with Gasteiger partial charge in [-0.1, -0.05) is 0 Å². The molecule has 3 heteroatoms. The summed E-state index contributed by atoms with van der Waals surface area (Å²) in [6.07, 6.45) is 10.2. The van der Waals surface area contributed by atoms with E-state index in [-0.39, 0.29) is 0 Å². The van der Waals surface area contributed by atoms with Gasteiger partial charge in [0.2, 0.25) is 0 Å². The highest BCUT2D eigenvalue weighted by Gasteiger charge is 2.28. The van der Waals surface area contributed by atoms with Crippen molar-refractivity contribution in [3.63, 3.8) is 0 Å². The van der Waals surface area contributed by atoms with Gasteiger partial charge in [-0.2, -0.15) is 0 Å². The first-order valence-corrected chi connectivity index (χ1v) is 11.7. The molecule has 0 saturated carbocycles. The average molecular weight is 364 g/mol. The Morgan fingerprint density at radius 2 is 0.962 bits per heavy atom. The molecule has 3 aliphatic heterocycles. The summed E-state index contributed by atoms with van der Waals surface area (Å²) in [5, 5.41) is 0. The Hall–Kier alpha value is -0.120. The molecule has 3 saturated heterocycles. The fraction of sp³-hybridized carbons (Fsp3) is 1.00. The third-order valence-corrected chi connectivity index (χ3v) is 7.65. The van der Waals surface area contributed by atoms with E-state index < -0.39 is 0 Å². The topological polar surface area (TPSA) is 9.72 Å². The van der Waals surface area contributed by atoms with Crippen molar-refractivity contribution in [2.45, 2.75) is 84.7 Å². The Kier molecular flexibility index (Phi) is 7.84. The van der Waals surface area contributed by atoms with Gasteiger partial charge in [0.25, 0.3) is 0 Å². The highest BCUT2D eigenvalue weighted by Crippen LogP contribution is 2.31. The Morgan fingerprint density at radius 3 is 1.38 bits per heavy atom. The van der Waals surface area contributed by atoms with Crippen molar-refractivity contribution in [3.05, 3.63) is 0 Å². The Labute approximate surface area is 163 Å². The van der Waals surface area contributed by atoms with Crippen LogP contribution in [-0.2, 0) is 0 Å². The Balaban J connectivity index is 1.30. The number of hydrogen-bond acceptors (Lipinski definition) is 3. The maximum absolute atomic E-state index is 2.80. The molecule has 26 heavy (non-hydrogen) atoms. The molecular formula is C23H45N3. The van der Waals surface area contributed by atoms with Gasteiger partial charge >= 0.3 is 0 Å². The fourth-order valence-electron chi connectivity index (χ4n) is 5.60. The number of likely N-dealkylation sites (tertiary alicyclic amines) is 3. The van der Waals surface area contributed by atoms with Gasteiger partial charge in [-0.3, -0.25) is 0 Å². The summed E-state index contributed by atoms with van der Waals surface area (Å²) < 4.78 is 0. The Morgan fingerprint density at radius 1 is 0.577 bits per heavy atom. The lowest BCUT2D eigenvalue weighted by Crippen LogP contribution is -2.43.